The van der Waals surface area contributed by atoms with Gasteiger partial charge in [-0.2, -0.15) is 0 Å². The molecule has 6 nitrogen and oxygen atoms in total. The summed E-state index contributed by atoms with van der Waals surface area (Å²) in [5, 5.41) is 0. The van der Waals surface area contributed by atoms with Gasteiger partial charge >= 0.3 is 0 Å². The number of pyridine rings is 1. The molecular formula is C15H23N5O. The minimum atomic E-state index is 0.0237. The smallest absolute Gasteiger partial charge is 0.257 e. The third-order valence-corrected chi connectivity index (χ3v) is 4.53. The van der Waals surface area contributed by atoms with Crippen LogP contribution in [0.4, 0.5) is 5.82 Å². The Morgan fingerprint density at radius 2 is 2.10 bits per heavy atom. The highest BCUT2D eigenvalue weighted by atomic mass is 16.2. The molecular weight excluding hydrogens is 266 g/mol. The molecule has 2 saturated heterocycles. The van der Waals surface area contributed by atoms with E-state index in [9.17, 15) is 4.79 Å². The molecule has 3 heterocycles. The second-order valence-corrected chi connectivity index (χ2v) is 5.83. The lowest BCUT2D eigenvalue weighted by molar-refractivity contribution is 0.0772. The number of likely N-dealkylation sites (tertiary alicyclic amines) is 2. The molecule has 114 valence electrons. The highest BCUT2D eigenvalue weighted by Crippen LogP contribution is 2.23. The molecule has 21 heavy (non-hydrogen) atoms. The van der Waals surface area contributed by atoms with E-state index < -0.39 is 0 Å². The summed E-state index contributed by atoms with van der Waals surface area (Å²) >= 11 is 0. The molecule has 0 saturated carbocycles. The maximum atomic E-state index is 12.6. The van der Waals surface area contributed by atoms with Crippen LogP contribution >= 0.6 is 0 Å². The molecule has 1 amide bonds. The fourth-order valence-corrected chi connectivity index (χ4v) is 3.37. The number of carbonyl (C=O) groups is 1. The van der Waals surface area contributed by atoms with Gasteiger partial charge in [-0.05, 0) is 44.5 Å². The van der Waals surface area contributed by atoms with E-state index in [0.29, 0.717) is 17.4 Å². The standard InChI is InChI=1S/C15H23N5O/c16-18-14-13(5-4-7-17-14)15(21)20-10-6-12(11-20)19-8-2-1-3-9-19/h4-5,7,12H,1-3,6,8-11,16H2,(H,17,18). The normalized spacial score (nSPS) is 23.3. The van der Waals surface area contributed by atoms with E-state index in [1.165, 1.54) is 32.4 Å². The molecule has 0 bridgehead atoms. The Morgan fingerprint density at radius 1 is 1.29 bits per heavy atom. The van der Waals surface area contributed by atoms with Gasteiger partial charge in [-0.1, -0.05) is 6.42 Å². The average Bonchev–Trinajstić information content (AvgIpc) is 3.05. The molecule has 6 heteroatoms. The van der Waals surface area contributed by atoms with Gasteiger partial charge in [0.25, 0.3) is 5.91 Å². The van der Waals surface area contributed by atoms with E-state index in [4.69, 9.17) is 5.84 Å². The first-order valence-corrected chi connectivity index (χ1v) is 7.74. The summed E-state index contributed by atoms with van der Waals surface area (Å²) in [4.78, 5) is 21.2. The van der Waals surface area contributed by atoms with Crippen molar-refractivity contribution >= 4 is 11.7 Å². The Hall–Kier alpha value is -1.66. The fourth-order valence-electron chi connectivity index (χ4n) is 3.37. The Kier molecular flexibility index (Phi) is 4.36. The van der Waals surface area contributed by atoms with E-state index in [1.807, 2.05) is 4.90 Å². The summed E-state index contributed by atoms with van der Waals surface area (Å²) < 4.78 is 0. The van der Waals surface area contributed by atoms with E-state index in [0.717, 1.165) is 19.5 Å². The molecule has 1 aromatic rings. The summed E-state index contributed by atoms with van der Waals surface area (Å²) in [7, 11) is 0. The van der Waals surface area contributed by atoms with Gasteiger partial charge in [0.1, 0.15) is 0 Å². The first-order valence-electron chi connectivity index (χ1n) is 7.74. The first kappa shape index (κ1) is 14.3. The second kappa shape index (κ2) is 6.41. The van der Waals surface area contributed by atoms with E-state index in [1.54, 1.807) is 18.3 Å². The maximum Gasteiger partial charge on any atom is 0.257 e. The van der Waals surface area contributed by atoms with Crippen molar-refractivity contribution in [1.82, 2.24) is 14.8 Å². The van der Waals surface area contributed by atoms with Crippen LogP contribution in [0.15, 0.2) is 18.3 Å². The quantitative estimate of drug-likeness (QED) is 0.643. The Labute approximate surface area is 125 Å². The molecule has 2 fully saturated rings. The zero-order chi connectivity index (χ0) is 14.7. The molecule has 1 aromatic heterocycles. The van der Waals surface area contributed by atoms with Crippen LogP contribution in [0, 0.1) is 0 Å². The monoisotopic (exact) mass is 289 g/mol. The summed E-state index contributed by atoms with van der Waals surface area (Å²) in [6, 6.07) is 4.06. The maximum absolute atomic E-state index is 12.6. The molecule has 1 unspecified atom stereocenters. The number of hydrazine groups is 1. The van der Waals surface area contributed by atoms with Crippen LogP contribution in [0.25, 0.3) is 0 Å². The van der Waals surface area contributed by atoms with Crippen LogP contribution in [0.2, 0.25) is 0 Å². The summed E-state index contributed by atoms with van der Waals surface area (Å²) in [6.07, 6.45) is 6.61. The number of nitrogens with zero attached hydrogens (tertiary/aromatic N) is 3. The topological polar surface area (TPSA) is 74.5 Å². The molecule has 2 aliphatic rings. The molecule has 0 aromatic carbocycles. The summed E-state index contributed by atoms with van der Waals surface area (Å²) in [5.41, 5.74) is 3.06. The van der Waals surface area contributed by atoms with Crippen LogP contribution in [0.1, 0.15) is 36.0 Å². The van der Waals surface area contributed by atoms with Gasteiger partial charge in [0.15, 0.2) is 5.82 Å². The van der Waals surface area contributed by atoms with Crippen molar-refractivity contribution in [2.45, 2.75) is 31.7 Å². The lowest BCUT2D eigenvalue weighted by atomic mass is 10.1. The number of hydrogen-bond acceptors (Lipinski definition) is 5. The number of rotatable bonds is 3. The van der Waals surface area contributed by atoms with Crippen LogP contribution in [0.3, 0.4) is 0 Å². The number of nitrogens with one attached hydrogen (secondary N) is 1. The third kappa shape index (κ3) is 3.01. The number of hydrogen-bond donors (Lipinski definition) is 2. The average molecular weight is 289 g/mol. The molecule has 2 aliphatic heterocycles. The van der Waals surface area contributed by atoms with Crippen molar-refractivity contribution in [2.75, 3.05) is 31.6 Å². The molecule has 0 aliphatic carbocycles. The van der Waals surface area contributed by atoms with Gasteiger partial charge in [0.05, 0.1) is 5.56 Å². The molecule has 0 spiro atoms. The summed E-state index contributed by atoms with van der Waals surface area (Å²) in [6.45, 7) is 3.99. The second-order valence-electron chi connectivity index (χ2n) is 5.83. The number of aromatic nitrogens is 1. The molecule has 0 radical (unpaired) electrons. The van der Waals surface area contributed by atoms with Crippen LogP contribution < -0.4 is 11.3 Å². The van der Waals surface area contributed by atoms with Crippen LogP contribution in [-0.4, -0.2) is 52.9 Å². The van der Waals surface area contributed by atoms with Gasteiger partial charge in [-0.3, -0.25) is 9.69 Å². The van der Waals surface area contributed by atoms with Gasteiger partial charge in [-0.25, -0.2) is 10.8 Å². The summed E-state index contributed by atoms with van der Waals surface area (Å²) in [5.74, 6) is 5.91. The lowest BCUT2D eigenvalue weighted by Gasteiger charge is -2.32. The SMILES string of the molecule is NNc1ncccc1C(=O)N1CCC(N2CCCCC2)C1. The Bertz CT molecular complexity index is 501. The third-order valence-electron chi connectivity index (χ3n) is 4.53. The minimum absolute atomic E-state index is 0.0237. The highest BCUT2D eigenvalue weighted by Gasteiger charge is 2.32. The predicted octanol–water partition coefficient (Wildman–Crippen LogP) is 1.07. The number of piperidine rings is 1. The Balaban J connectivity index is 1.66. The van der Waals surface area contributed by atoms with Crippen molar-refractivity contribution < 1.29 is 4.79 Å². The predicted molar refractivity (Wildman–Crippen MR) is 81.8 cm³/mol. The molecule has 3 N–H and O–H groups in total. The number of nitrogen functional groups attached to an aromatic ring is 1. The number of carbonyl (C=O) groups excluding carboxylic acids is 1. The van der Waals surface area contributed by atoms with E-state index in [-0.39, 0.29) is 5.91 Å². The van der Waals surface area contributed by atoms with Crippen LogP contribution in [0.5, 0.6) is 0 Å². The molecule has 3 rings (SSSR count). The van der Waals surface area contributed by atoms with Crippen molar-refractivity contribution in [3.05, 3.63) is 23.9 Å². The minimum Gasteiger partial charge on any atom is -0.337 e. The zero-order valence-electron chi connectivity index (χ0n) is 12.3. The van der Waals surface area contributed by atoms with E-state index >= 15 is 0 Å². The van der Waals surface area contributed by atoms with Crippen molar-refractivity contribution in [3.8, 4) is 0 Å². The van der Waals surface area contributed by atoms with Crippen LogP contribution in [-0.2, 0) is 0 Å². The number of anilines is 1. The van der Waals surface area contributed by atoms with Crippen molar-refractivity contribution in [1.29, 1.82) is 0 Å². The lowest BCUT2D eigenvalue weighted by Crippen LogP contribution is -2.41. The first-order chi connectivity index (χ1) is 10.3. The molecule has 1 atom stereocenters. The van der Waals surface area contributed by atoms with Gasteiger partial charge in [0, 0.05) is 25.3 Å². The number of nitrogens with two attached hydrogens (primary N) is 1. The Morgan fingerprint density at radius 3 is 2.86 bits per heavy atom. The van der Waals surface area contributed by atoms with Crippen molar-refractivity contribution in [2.24, 2.45) is 5.84 Å². The largest absolute Gasteiger partial charge is 0.337 e. The number of amides is 1. The van der Waals surface area contributed by atoms with Gasteiger partial charge in [-0.15, -0.1) is 0 Å². The fraction of sp³-hybridized carbons (Fsp3) is 0.600. The van der Waals surface area contributed by atoms with Gasteiger partial charge in [0.2, 0.25) is 0 Å². The zero-order valence-corrected chi connectivity index (χ0v) is 12.3. The van der Waals surface area contributed by atoms with E-state index in [2.05, 4.69) is 15.3 Å². The van der Waals surface area contributed by atoms with Gasteiger partial charge < -0.3 is 10.3 Å². The van der Waals surface area contributed by atoms with Crippen molar-refractivity contribution in [3.63, 3.8) is 0 Å². The highest BCUT2D eigenvalue weighted by molar-refractivity contribution is 5.98.